The summed E-state index contributed by atoms with van der Waals surface area (Å²) in [6.07, 6.45) is 4.31. The number of para-hydroxylation sites is 1. The highest BCUT2D eigenvalue weighted by Gasteiger charge is 2.43. The van der Waals surface area contributed by atoms with Crippen LogP contribution in [0.25, 0.3) is 6.08 Å². The Morgan fingerprint density at radius 3 is 2.32 bits per heavy atom. The monoisotopic (exact) mass is 334 g/mol. The molecule has 3 heteroatoms. The molecular weight excluding hydrogens is 308 g/mol. The van der Waals surface area contributed by atoms with Gasteiger partial charge in [0.2, 0.25) is 5.69 Å². The summed E-state index contributed by atoms with van der Waals surface area (Å²) in [5, 5.41) is 11.3. The highest BCUT2D eigenvalue weighted by molar-refractivity contribution is 6.05. The molecule has 3 nitrogen and oxygen atoms in total. The van der Waals surface area contributed by atoms with E-state index in [0.29, 0.717) is 6.54 Å². The summed E-state index contributed by atoms with van der Waals surface area (Å²) in [4.78, 5) is 2.09. The molecule has 1 aliphatic rings. The van der Waals surface area contributed by atoms with E-state index in [1.807, 2.05) is 20.2 Å². The zero-order chi connectivity index (χ0) is 18.0. The molecule has 0 bridgehead atoms. The second-order valence-electron chi connectivity index (χ2n) is 7.20. The van der Waals surface area contributed by atoms with Gasteiger partial charge in [0, 0.05) is 37.5 Å². The van der Waals surface area contributed by atoms with Crippen molar-refractivity contribution in [2.24, 2.45) is 0 Å². The largest absolute Gasteiger partial charge is 0.850 e. The second kappa shape index (κ2) is 6.85. The van der Waals surface area contributed by atoms with Gasteiger partial charge in [-0.05, 0) is 37.6 Å². The molecule has 0 aromatic heterocycles. The van der Waals surface area contributed by atoms with Gasteiger partial charge in [0.15, 0.2) is 5.71 Å². The molecule has 2 aromatic carbocycles. The van der Waals surface area contributed by atoms with Crippen molar-refractivity contribution in [3.8, 4) is 0 Å². The van der Waals surface area contributed by atoms with E-state index >= 15 is 0 Å². The lowest BCUT2D eigenvalue weighted by atomic mass is 9.81. The minimum atomic E-state index is -0.112. The predicted octanol–water partition coefficient (Wildman–Crippen LogP) is 3.20. The zero-order valence-corrected chi connectivity index (χ0v) is 15.5. The normalized spacial score (nSPS) is 15.7. The fraction of sp³-hybridized carbons (Fsp3) is 0.318. The maximum Gasteiger partial charge on any atom is 0.209 e. The third-order valence-electron chi connectivity index (χ3n) is 4.96. The molecule has 0 radical (unpaired) electrons. The van der Waals surface area contributed by atoms with Crippen LogP contribution < -0.4 is 10.0 Å². The molecule has 0 unspecified atom stereocenters. The quantitative estimate of drug-likeness (QED) is 0.786. The van der Waals surface area contributed by atoms with E-state index in [9.17, 15) is 5.11 Å². The zero-order valence-electron chi connectivity index (χ0n) is 15.5. The van der Waals surface area contributed by atoms with Gasteiger partial charge in [-0.2, -0.15) is 4.58 Å². The SMILES string of the molecule is CN(C)c1ccc(/C=C/C2=[N+](CC[O-])c3ccccc3C2(C)C)cc1. The number of benzene rings is 2. The van der Waals surface area contributed by atoms with Gasteiger partial charge in [-0.3, -0.25) is 0 Å². The Hall–Kier alpha value is -2.39. The molecule has 3 rings (SSSR count). The van der Waals surface area contributed by atoms with Crippen molar-refractivity contribution in [2.45, 2.75) is 19.3 Å². The number of hydrogen-bond donors (Lipinski definition) is 0. The maximum atomic E-state index is 11.3. The average Bonchev–Trinajstić information content (AvgIpc) is 2.81. The molecule has 1 heterocycles. The Morgan fingerprint density at radius 2 is 1.68 bits per heavy atom. The highest BCUT2D eigenvalue weighted by atomic mass is 16.3. The van der Waals surface area contributed by atoms with Crippen LogP contribution in [0.4, 0.5) is 11.4 Å². The average molecular weight is 334 g/mol. The van der Waals surface area contributed by atoms with Crippen molar-refractivity contribution in [3.05, 3.63) is 65.7 Å². The molecule has 0 spiro atoms. The summed E-state index contributed by atoms with van der Waals surface area (Å²) in [5.41, 5.74) is 5.86. The molecular formula is C22H26N2O. The standard InChI is InChI=1S/C22H26N2O/c1-22(2)19-7-5-6-8-20(19)24(15-16-25)21(22)14-11-17-9-12-18(13-10-17)23(3)4/h5-14H,15-16H2,1-4H3. The summed E-state index contributed by atoms with van der Waals surface area (Å²) in [5.74, 6) is 0. The van der Waals surface area contributed by atoms with Crippen molar-refractivity contribution >= 4 is 23.2 Å². The third kappa shape index (κ3) is 3.24. The van der Waals surface area contributed by atoms with Crippen LogP contribution in [0.3, 0.4) is 0 Å². The van der Waals surface area contributed by atoms with Gasteiger partial charge in [0.05, 0.1) is 5.41 Å². The number of anilines is 1. The first-order chi connectivity index (χ1) is 11.9. The van der Waals surface area contributed by atoms with Crippen molar-refractivity contribution in [1.29, 1.82) is 0 Å². The first-order valence-corrected chi connectivity index (χ1v) is 8.73. The van der Waals surface area contributed by atoms with E-state index in [4.69, 9.17) is 0 Å². The van der Waals surface area contributed by atoms with E-state index < -0.39 is 0 Å². The van der Waals surface area contributed by atoms with Gasteiger partial charge < -0.3 is 10.0 Å². The van der Waals surface area contributed by atoms with E-state index in [1.54, 1.807) is 0 Å². The van der Waals surface area contributed by atoms with Crippen molar-refractivity contribution in [2.75, 3.05) is 32.1 Å². The number of allylic oxidation sites excluding steroid dienone is 1. The topological polar surface area (TPSA) is 29.3 Å². The molecule has 0 atom stereocenters. The van der Waals surface area contributed by atoms with Crippen LogP contribution in [0.15, 0.2) is 54.6 Å². The molecule has 0 saturated carbocycles. The summed E-state index contributed by atoms with van der Waals surface area (Å²) in [7, 11) is 4.08. The Labute approximate surface area is 150 Å². The van der Waals surface area contributed by atoms with Crippen molar-refractivity contribution in [3.63, 3.8) is 0 Å². The summed E-state index contributed by atoms with van der Waals surface area (Å²) < 4.78 is 2.17. The summed E-state index contributed by atoms with van der Waals surface area (Å²) in [6, 6.07) is 16.9. The van der Waals surface area contributed by atoms with Crippen LogP contribution in [0, 0.1) is 0 Å². The van der Waals surface area contributed by atoms with Crippen LogP contribution in [-0.4, -0.2) is 37.5 Å². The van der Waals surface area contributed by atoms with Gasteiger partial charge in [0.25, 0.3) is 0 Å². The predicted molar refractivity (Wildman–Crippen MR) is 104 cm³/mol. The third-order valence-corrected chi connectivity index (χ3v) is 4.96. The van der Waals surface area contributed by atoms with Crippen LogP contribution >= 0.6 is 0 Å². The number of nitrogens with zero attached hydrogens (tertiary/aromatic N) is 2. The van der Waals surface area contributed by atoms with Gasteiger partial charge >= 0.3 is 0 Å². The Kier molecular flexibility index (Phi) is 4.78. The first-order valence-electron chi connectivity index (χ1n) is 8.73. The molecule has 25 heavy (non-hydrogen) atoms. The lowest BCUT2D eigenvalue weighted by Gasteiger charge is -2.15. The summed E-state index contributed by atoms with van der Waals surface area (Å²) in [6.45, 7) is 4.84. The van der Waals surface area contributed by atoms with Crippen LogP contribution in [0.1, 0.15) is 25.0 Å². The Bertz CT molecular complexity index is 814. The Balaban J connectivity index is 1.98. The smallest absolute Gasteiger partial charge is 0.209 e. The van der Waals surface area contributed by atoms with Gasteiger partial charge in [0.1, 0.15) is 6.54 Å². The van der Waals surface area contributed by atoms with Crippen LogP contribution in [0.5, 0.6) is 0 Å². The van der Waals surface area contributed by atoms with Gasteiger partial charge in [-0.25, -0.2) is 0 Å². The van der Waals surface area contributed by atoms with E-state index in [0.717, 1.165) is 11.3 Å². The van der Waals surface area contributed by atoms with Gasteiger partial charge in [-0.1, -0.05) is 36.9 Å². The lowest BCUT2D eigenvalue weighted by Crippen LogP contribution is -2.29. The molecule has 0 N–H and O–H groups in total. The maximum absolute atomic E-state index is 11.3. The van der Waals surface area contributed by atoms with E-state index in [-0.39, 0.29) is 12.0 Å². The molecule has 0 fully saturated rings. The fourth-order valence-electron chi connectivity index (χ4n) is 3.53. The molecule has 2 aromatic rings. The Morgan fingerprint density at radius 1 is 1.00 bits per heavy atom. The highest BCUT2D eigenvalue weighted by Crippen LogP contribution is 2.39. The second-order valence-corrected chi connectivity index (χ2v) is 7.20. The molecule has 0 saturated heterocycles. The molecule has 0 amide bonds. The number of rotatable bonds is 5. The molecule has 130 valence electrons. The summed E-state index contributed by atoms with van der Waals surface area (Å²) >= 11 is 0. The van der Waals surface area contributed by atoms with E-state index in [2.05, 4.69) is 77.9 Å². The number of hydrogen-bond acceptors (Lipinski definition) is 2. The van der Waals surface area contributed by atoms with Crippen molar-refractivity contribution in [1.82, 2.24) is 0 Å². The first kappa shape index (κ1) is 17.4. The fourth-order valence-corrected chi connectivity index (χ4v) is 3.53. The van der Waals surface area contributed by atoms with E-state index in [1.165, 1.54) is 17.0 Å². The minimum absolute atomic E-state index is 0.105. The number of fused-ring (bicyclic) bond motifs is 1. The van der Waals surface area contributed by atoms with Gasteiger partial charge in [-0.15, -0.1) is 0 Å². The molecule has 1 aliphatic heterocycles. The van der Waals surface area contributed by atoms with Crippen molar-refractivity contribution < 1.29 is 9.68 Å². The molecule has 0 aliphatic carbocycles. The lowest BCUT2D eigenvalue weighted by molar-refractivity contribution is -0.491. The van der Waals surface area contributed by atoms with Crippen LogP contribution in [-0.2, 0) is 5.41 Å². The minimum Gasteiger partial charge on any atom is -0.850 e. The van der Waals surface area contributed by atoms with Crippen LogP contribution in [0.2, 0.25) is 0 Å².